The molecule has 0 aromatic heterocycles. The molecule has 0 saturated carbocycles. The van der Waals surface area contributed by atoms with Crippen LogP contribution in [0.3, 0.4) is 0 Å². The molecule has 28 heavy (non-hydrogen) atoms. The minimum atomic E-state index is -0.319. The lowest BCUT2D eigenvalue weighted by molar-refractivity contribution is 0.0609. The number of amides is 4. The van der Waals surface area contributed by atoms with Crippen LogP contribution in [0.2, 0.25) is 0 Å². The molecule has 1 aromatic rings. The lowest BCUT2D eigenvalue weighted by Gasteiger charge is -2.46. The van der Waals surface area contributed by atoms with Crippen LogP contribution in [0.5, 0.6) is 0 Å². The summed E-state index contributed by atoms with van der Waals surface area (Å²) in [5, 5.41) is 9.43. The molecule has 7 heteroatoms. The number of rotatable bonds is 3. The number of benzene rings is 1. The van der Waals surface area contributed by atoms with Crippen LogP contribution in [0.25, 0.3) is 0 Å². The first-order chi connectivity index (χ1) is 12.9. The predicted molar refractivity (Wildman–Crippen MR) is 109 cm³/mol. The summed E-state index contributed by atoms with van der Waals surface area (Å²) in [6.07, 6.45) is 1.65. The summed E-state index contributed by atoms with van der Waals surface area (Å²) in [6, 6.07) is 4.36. The first kappa shape index (κ1) is 20.3. The minimum absolute atomic E-state index is 0.0420. The van der Waals surface area contributed by atoms with Crippen LogP contribution in [-0.4, -0.2) is 45.9 Å². The molecule has 2 heterocycles. The topological polar surface area (TPSA) is 90.5 Å². The first-order valence-electron chi connectivity index (χ1n) is 9.77. The molecule has 7 nitrogen and oxygen atoms in total. The molecule has 1 saturated heterocycles. The van der Waals surface area contributed by atoms with E-state index in [4.69, 9.17) is 0 Å². The van der Waals surface area contributed by atoms with Crippen LogP contribution in [0.1, 0.15) is 75.1 Å². The predicted octanol–water partition coefficient (Wildman–Crippen LogP) is 3.12. The van der Waals surface area contributed by atoms with Gasteiger partial charge in [-0.05, 0) is 72.6 Å². The number of carbonyl (C=O) groups is 3. The molecule has 1 fully saturated rings. The quantitative estimate of drug-likeness (QED) is 0.696. The number of anilines is 1. The second-order valence-corrected chi connectivity index (χ2v) is 9.43. The van der Waals surface area contributed by atoms with Crippen LogP contribution in [-0.2, 0) is 0 Å². The lowest BCUT2D eigenvalue weighted by Crippen LogP contribution is -2.62. The Morgan fingerprint density at radius 2 is 1.64 bits per heavy atom. The normalized spacial score (nSPS) is 21.0. The Bertz CT molecular complexity index is 813. The van der Waals surface area contributed by atoms with Gasteiger partial charge < -0.3 is 16.0 Å². The summed E-state index contributed by atoms with van der Waals surface area (Å²) in [4.78, 5) is 38.6. The zero-order valence-electron chi connectivity index (χ0n) is 17.5. The zero-order valence-corrected chi connectivity index (χ0v) is 17.5. The van der Waals surface area contributed by atoms with Gasteiger partial charge in [-0.15, -0.1) is 0 Å². The van der Waals surface area contributed by atoms with Gasteiger partial charge in [0.05, 0.1) is 11.1 Å². The van der Waals surface area contributed by atoms with Gasteiger partial charge >= 0.3 is 6.03 Å². The molecule has 0 atom stereocenters. The molecule has 0 radical (unpaired) electrons. The number of urea groups is 1. The van der Waals surface area contributed by atoms with Gasteiger partial charge in [0.15, 0.2) is 0 Å². The van der Waals surface area contributed by atoms with Crippen molar-refractivity contribution in [3.8, 4) is 0 Å². The first-order valence-corrected chi connectivity index (χ1v) is 9.77. The summed E-state index contributed by atoms with van der Waals surface area (Å²) in [7, 11) is 0. The fourth-order valence-electron chi connectivity index (χ4n) is 4.58. The summed E-state index contributed by atoms with van der Waals surface area (Å²) >= 11 is 0. The molecule has 2 aliphatic rings. The summed E-state index contributed by atoms with van der Waals surface area (Å²) < 4.78 is 0. The molecular weight excluding hydrogens is 356 g/mol. The van der Waals surface area contributed by atoms with Crippen LogP contribution >= 0.6 is 0 Å². The van der Waals surface area contributed by atoms with Crippen LogP contribution < -0.4 is 16.0 Å². The van der Waals surface area contributed by atoms with Gasteiger partial charge in [-0.3, -0.25) is 14.5 Å². The highest BCUT2D eigenvalue weighted by Crippen LogP contribution is 2.29. The van der Waals surface area contributed by atoms with E-state index in [2.05, 4.69) is 43.6 Å². The largest absolute Gasteiger partial charge is 0.335 e. The summed E-state index contributed by atoms with van der Waals surface area (Å²) in [5.41, 5.74) is 1.07. The Kier molecular flexibility index (Phi) is 5.00. The molecule has 152 valence electrons. The average molecular weight is 386 g/mol. The third-order valence-electron chi connectivity index (χ3n) is 5.22. The summed E-state index contributed by atoms with van der Waals surface area (Å²) in [5.74, 6) is -0.605. The number of carbonyl (C=O) groups excluding carboxylic acids is 3. The SMILES string of the molecule is CC(C)N1C(=O)c2ccc(NC(=O)NC3CC(C)(C)NC(C)(C)C3)cc2C1=O. The van der Waals surface area contributed by atoms with Crippen molar-refractivity contribution in [3.05, 3.63) is 29.3 Å². The molecule has 4 amide bonds. The number of hydrogen-bond acceptors (Lipinski definition) is 4. The van der Waals surface area contributed by atoms with Gasteiger partial charge in [0.1, 0.15) is 0 Å². The molecule has 1 aromatic carbocycles. The van der Waals surface area contributed by atoms with E-state index in [0.717, 1.165) is 12.8 Å². The van der Waals surface area contributed by atoms with Gasteiger partial charge in [-0.2, -0.15) is 0 Å². The third kappa shape index (κ3) is 4.04. The lowest BCUT2D eigenvalue weighted by atomic mass is 9.80. The molecule has 0 aliphatic carbocycles. The number of imide groups is 1. The fourth-order valence-corrected chi connectivity index (χ4v) is 4.58. The van der Waals surface area contributed by atoms with Crippen LogP contribution in [0.15, 0.2) is 18.2 Å². The van der Waals surface area contributed by atoms with E-state index in [1.54, 1.807) is 32.0 Å². The Morgan fingerprint density at radius 3 is 2.21 bits per heavy atom. The smallest absolute Gasteiger partial charge is 0.319 e. The monoisotopic (exact) mass is 386 g/mol. The number of piperidine rings is 1. The van der Waals surface area contributed by atoms with Gasteiger partial charge in [-0.25, -0.2) is 4.79 Å². The van der Waals surface area contributed by atoms with Gasteiger partial charge in [0.2, 0.25) is 0 Å². The molecular formula is C21H30N4O3. The van der Waals surface area contributed by atoms with Crippen molar-refractivity contribution in [1.29, 1.82) is 0 Å². The van der Waals surface area contributed by atoms with E-state index in [0.29, 0.717) is 16.8 Å². The average Bonchev–Trinajstić information content (AvgIpc) is 2.75. The van der Waals surface area contributed by atoms with Crippen molar-refractivity contribution in [3.63, 3.8) is 0 Å². The van der Waals surface area contributed by atoms with Crippen molar-refractivity contribution >= 4 is 23.5 Å². The van der Waals surface area contributed by atoms with Crippen molar-refractivity contribution in [2.45, 2.75) is 77.5 Å². The van der Waals surface area contributed by atoms with Gasteiger partial charge in [0, 0.05) is 28.8 Å². The van der Waals surface area contributed by atoms with E-state index in [1.165, 1.54) is 4.90 Å². The zero-order chi connectivity index (χ0) is 20.9. The maximum absolute atomic E-state index is 12.5. The maximum Gasteiger partial charge on any atom is 0.319 e. The number of nitrogens with zero attached hydrogens (tertiary/aromatic N) is 1. The Morgan fingerprint density at radius 1 is 1.07 bits per heavy atom. The number of hydrogen-bond donors (Lipinski definition) is 3. The van der Waals surface area contributed by atoms with Crippen molar-refractivity contribution < 1.29 is 14.4 Å². The highest BCUT2D eigenvalue weighted by Gasteiger charge is 2.39. The van der Waals surface area contributed by atoms with E-state index in [9.17, 15) is 14.4 Å². The molecule has 3 rings (SSSR count). The van der Waals surface area contributed by atoms with E-state index in [-0.39, 0.29) is 41.0 Å². The molecule has 0 spiro atoms. The van der Waals surface area contributed by atoms with Crippen LogP contribution in [0.4, 0.5) is 10.5 Å². The highest BCUT2D eigenvalue weighted by atomic mass is 16.2. The molecule has 3 N–H and O–H groups in total. The van der Waals surface area contributed by atoms with Gasteiger partial charge in [0.25, 0.3) is 11.8 Å². The number of nitrogens with one attached hydrogen (secondary N) is 3. The highest BCUT2D eigenvalue weighted by molar-refractivity contribution is 6.22. The summed E-state index contributed by atoms with van der Waals surface area (Å²) in [6.45, 7) is 12.1. The van der Waals surface area contributed by atoms with Crippen molar-refractivity contribution in [2.24, 2.45) is 0 Å². The Hall–Kier alpha value is -2.41. The Balaban J connectivity index is 1.70. The van der Waals surface area contributed by atoms with Gasteiger partial charge in [-0.1, -0.05) is 0 Å². The van der Waals surface area contributed by atoms with E-state index < -0.39 is 0 Å². The van der Waals surface area contributed by atoms with Crippen molar-refractivity contribution in [1.82, 2.24) is 15.5 Å². The third-order valence-corrected chi connectivity index (χ3v) is 5.22. The molecule has 0 unspecified atom stereocenters. The maximum atomic E-state index is 12.5. The second-order valence-electron chi connectivity index (χ2n) is 9.43. The van der Waals surface area contributed by atoms with Crippen LogP contribution in [0, 0.1) is 0 Å². The molecule has 2 aliphatic heterocycles. The van der Waals surface area contributed by atoms with E-state index in [1.807, 2.05) is 0 Å². The second kappa shape index (κ2) is 6.88. The molecule has 0 bridgehead atoms. The standard InChI is InChI=1S/C21H30N4O3/c1-12(2)25-17(26)15-8-7-13(9-16(15)18(25)27)22-19(28)23-14-10-20(3,4)24-21(5,6)11-14/h7-9,12,14,24H,10-11H2,1-6H3,(H2,22,23,28). The fraction of sp³-hybridized carbons (Fsp3) is 0.571. The minimum Gasteiger partial charge on any atom is -0.335 e. The van der Waals surface area contributed by atoms with E-state index >= 15 is 0 Å². The Labute approximate surface area is 166 Å². The van der Waals surface area contributed by atoms with Crippen molar-refractivity contribution in [2.75, 3.05) is 5.32 Å². The number of fused-ring (bicyclic) bond motifs is 1.